The summed E-state index contributed by atoms with van der Waals surface area (Å²) in [6.45, 7) is 6.63. The van der Waals surface area contributed by atoms with Gasteiger partial charge in [-0.1, -0.05) is 18.2 Å². The van der Waals surface area contributed by atoms with Gasteiger partial charge in [0, 0.05) is 74.2 Å². The van der Waals surface area contributed by atoms with Crippen molar-refractivity contribution in [2.24, 2.45) is 0 Å². The minimum absolute atomic E-state index is 0.0359. The lowest BCUT2D eigenvalue weighted by Crippen LogP contribution is -2.49. The van der Waals surface area contributed by atoms with Gasteiger partial charge in [0.1, 0.15) is 5.69 Å². The minimum Gasteiger partial charge on any atom is -0.368 e. The molecule has 0 spiro atoms. The number of hydrogen-bond acceptors (Lipinski definition) is 5. The number of benzene rings is 1. The van der Waals surface area contributed by atoms with E-state index in [2.05, 4.69) is 27.2 Å². The van der Waals surface area contributed by atoms with Gasteiger partial charge in [-0.2, -0.15) is 10.2 Å². The molecular weight excluding hydrogens is 442 g/mol. The molecule has 0 bridgehead atoms. The minimum atomic E-state index is -0.0853. The van der Waals surface area contributed by atoms with E-state index in [1.807, 2.05) is 40.8 Å². The van der Waals surface area contributed by atoms with Gasteiger partial charge in [-0.15, -0.1) is 0 Å². The van der Waals surface area contributed by atoms with Crippen LogP contribution in [0.2, 0.25) is 0 Å². The number of rotatable bonds is 5. The molecule has 1 N–H and O–H groups in total. The molecule has 6 rings (SSSR count). The number of amides is 2. The third-order valence-electron chi connectivity index (χ3n) is 7.45. The van der Waals surface area contributed by atoms with Crippen molar-refractivity contribution in [3.63, 3.8) is 0 Å². The fourth-order valence-electron chi connectivity index (χ4n) is 5.27. The summed E-state index contributed by atoms with van der Waals surface area (Å²) in [6, 6.07) is 12.2. The first-order valence-corrected chi connectivity index (χ1v) is 12.6. The van der Waals surface area contributed by atoms with Crippen LogP contribution in [0.4, 0.5) is 5.69 Å². The molecule has 3 aromatic rings. The zero-order chi connectivity index (χ0) is 23.9. The Balaban J connectivity index is 1.19. The summed E-state index contributed by atoms with van der Waals surface area (Å²) in [6.07, 6.45) is 3.01. The number of fused-ring (bicyclic) bond motifs is 1. The molecule has 2 amide bonds. The quantitative estimate of drug-likeness (QED) is 0.615. The van der Waals surface area contributed by atoms with Crippen LogP contribution in [-0.2, 0) is 19.5 Å². The molecule has 1 saturated heterocycles. The fraction of sp³-hybridized carbons (Fsp3) is 0.462. The van der Waals surface area contributed by atoms with E-state index in [9.17, 15) is 9.59 Å². The van der Waals surface area contributed by atoms with Gasteiger partial charge in [0.2, 0.25) is 0 Å². The first-order valence-electron chi connectivity index (χ1n) is 12.6. The molecule has 9 heteroatoms. The lowest BCUT2D eigenvalue weighted by Gasteiger charge is -2.36. The molecule has 182 valence electrons. The maximum Gasteiger partial charge on any atom is 0.274 e. The lowest BCUT2D eigenvalue weighted by molar-refractivity contribution is 0.0706. The Kier molecular flexibility index (Phi) is 5.54. The number of nitrogens with one attached hydrogen (secondary N) is 1. The van der Waals surface area contributed by atoms with E-state index >= 15 is 0 Å². The maximum absolute atomic E-state index is 13.6. The Morgan fingerprint density at radius 3 is 2.49 bits per heavy atom. The number of H-pyrrole nitrogens is 1. The number of carbonyl (C=O) groups is 2. The Labute approximate surface area is 204 Å². The van der Waals surface area contributed by atoms with Crippen LogP contribution < -0.4 is 4.90 Å². The predicted octanol–water partition coefficient (Wildman–Crippen LogP) is 2.66. The average Bonchev–Trinajstić information content (AvgIpc) is 3.53. The standard InChI is InChI=1S/C26H31N7O2/c1-2-33-23-10-11-32(25(34)22-16-21(27-28-22)18-8-9-18)17-20(23)24(29-33)26(35)31-14-12-30(13-15-31)19-6-4-3-5-7-19/h3-7,16,18H,2,8-15,17H2,1H3,(H,27,28). The van der Waals surface area contributed by atoms with Crippen LogP contribution in [0.15, 0.2) is 36.4 Å². The number of hydrogen-bond donors (Lipinski definition) is 1. The van der Waals surface area contributed by atoms with Crippen LogP contribution in [0.25, 0.3) is 0 Å². The summed E-state index contributed by atoms with van der Waals surface area (Å²) >= 11 is 0. The Morgan fingerprint density at radius 1 is 1.00 bits per heavy atom. The molecule has 1 aliphatic carbocycles. The molecule has 1 aromatic carbocycles. The second-order valence-corrected chi connectivity index (χ2v) is 9.66. The normalized spacial score (nSPS) is 18.0. The summed E-state index contributed by atoms with van der Waals surface area (Å²) in [4.78, 5) is 32.8. The third kappa shape index (κ3) is 4.09. The van der Waals surface area contributed by atoms with E-state index in [1.165, 1.54) is 5.69 Å². The van der Waals surface area contributed by atoms with Crippen molar-refractivity contribution >= 4 is 17.5 Å². The molecule has 9 nitrogen and oxygen atoms in total. The largest absolute Gasteiger partial charge is 0.368 e. The van der Waals surface area contributed by atoms with Crippen LogP contribution in [0, 0.1) is 0 Å². The van der Waals surface area contributed by atoms with Crippen LogP contribution in [-0.4, -0.2) is 74.3 Å². The van der Waals surface area contributed by atoms with Crippen molar-refractivity contribution in [3.8, 4) is 0 Å². The van der Waals surface area contributed by atoms with Gasteiger partial charge in [-0.25, -0.2) is 0 Å². The smallest absolute Gasteiger partial charge is 0.274 e. The van der Waals surface area contributed by atoms with E-state index in [1.54, 1.807) is 4.90 Å². The summed E-state index contributed by atoms with van der Waals surface area (Å²) in [7, 11) is 0. The van der Waals surface area contributed by atoms with Crippen molar-refractivity contribution in [2.75, 3.05) is 37.6 Å². The number of piperazine rings is 1. The first-order chi connectivity index (χ1) is 17.1. The molecule has 0 radical (unpaired) electrons. The number of nitrogens with zero attached hydrogens (tertiary/aromatic N) is 6. The first kappa shape index (κ1) is 21.9. The second-order valence-electron chi connectivity index (χ2n) is 9.66. The SMILES string of the molecule is CCn1nc(C(=O)N2CCN(c3ccccc3)CC2)c2c1CCN(C(=O)c1cc(C3CC3)[nH]n1)C2. The van der Waals surface area contributed by atoms with E-state index in [0.29, 0.717) is 56.5 Å². The second kappa shape index (κ2) is 8.87. The van der Waals surface area contributed by atoms with Crippen LogP contribution >= 0.6 is 0 Å². The number of carbonyl (C=O) groups excluding carboxylic acids is 2. The summed E-state index contributed by atoms with van der Waals surface area (Å²) in [5.74, 6) is 0.399. The van der Waals surface area contributed by atoms with E-state index in [0.717, 1.165) is 42.9 Å². The van der Waals surface area contributed by atoms with Gasteiger partial charge in [0.25, 0.3) is 11.8 Å². The molecule has 3 aliphatic rings. The van der Waals surface area contributed by atoms with Gasteiger partial charge in [0.15, 0.2) is 5.69 Å². The molecule has 2 aromatic heterocycles. The van der Waals surface area contributed by atoms with Crippen molar-refractivity contribution in [1.29, 1.82) is 0 Å². The number of para-hydroxylation sites is 1. The van der Waals surface area contributed by atoms with E-state index < -0.39 is 0 Å². The van der Waals surface area contributed by atoms with Crippen molar-refractivity contribution in [3.05, 3.63) is 64.7 Å². The Bertz CT molecular complexity index is 1240. The molecule has 4 heterocycles. The zero-order valence-corrected chi connectivity index (χ0v) is 20.1. The number of anilines is 1. The van der Waals surface area contributed by atoms with Gasteiger partial charge < -0.3 is 14.7 Å². The molecule has 0 unspecified atom stereocenters. The van der Waals surface area contributed by atoms with Crippen molar-refractivity contribution in [1.82, 2.24) is 29.8 Å². The van der Waals surface area contributed by atoms with Gasteiger partial charge in [0.05, 0.1) is 6.54 Å². The number of aromatic nitrogens is 4. The Hall–Kier alpha value is -3.62. The summed E-state index contributed by atoms with van der Waals surface area (Å²) in [5.41, 5.74) is 5.15. The highest BCUT2D eigenvalue weighted by Gasteiger charge is 2.34. The van der Waals surface area contributed by atoms with Gasteiger partial charge >= 0.3 is 0 Å². The van der Waals surface area contributed by atoms with Crippen LogP contribution in [0.3, 0.4) is 0 Å². The van der Waals surface area contributed by atoms with Crippen molar-refractivity contribution in [2.45, 2.75) is 45.2 Å². The predicted molar refractivity (Wildman–Crippen MR) is 131 cm³/mol. The average molecular weight is 474 g/mol. The van der Waals surface area contributed by atoms with Gasteiger partial charge in [-0.3, -0.25) is 19.4 Å². The molecule has 2 fully saturated rings. The molecule has 35 heavy (non-hydrogen) atoms. The van der Waals surface area contributed by atoms with E-state index in [-0.39, 0.29) is 11.8 Å². The molecule has 2 aliphatic heterocycles. The van der Waals surface area contributed by atoms with Gasteiger partial charge in [-0.05, 0) is 38.0 Å². The molecule has 1 saturated carbocycles. The number of aryl methyl sites for hydroxylation is 1. The van der Waals surface area contributed by atoms with Crippen LogP contribution in [0.5, 0.6) is 0 Å². The highest BCUT2D eigenvalue weighted by Crippen LogP contribution is 2.39. The molecule has 0 atom stereocenters. The summed E-state index contributed by atoms with van der Waals surface area (Å²) < 4.78 is 1.93. The zero-order valence-electron chi connectivity index (χ0n) is 20.1. The topological polar surface area (TPSA) is 90.4 Å². The van der Waals surface area contributed by atoms with Crippen molar-refractivity contribution < 1.29 is 9.59 Å². The van der Waals surface area contributed by atoms with E-state index in [4.69, 9.17) is 5.10 Å². The maximum atomic E-state index is 13.6. The summed E-state index contributed by atoms with van der Waals surface area (Å²) in [5, 5.41) is 12.0. The number of aromatic amines is 1. The Morgan fingerprint density at radius 2 is 1.77 bits per heavy atom. The highest BCUT2D eigenvalue weighted by molar-refractivity contribution is 5.95. The fourth-order valence-corrected chi connectivity index (χ4v) is 5.27. The third-order valence-corrected chi connectivity index (χ3v) is 7.45. The monoisotopic (exact) mass is 473 g/mol. The lowest BCUT2D eigenvalue weighted by atomic mass is 10.0. The highest BCUT2D eigenvalue weighted by atomic mass is 16.2. The molecular formula is C26H31N7O2. The van der Waals surface area contributed by atoms with Crippen LogP contribution in [0.1, 0.15) is 63.6 Å².